The summed E-state index contributed by atoms with van der Waals surface area (Å²) < 4.78 is 1.20. The Kier molecular flexibility index (Phi) is 3.95. The second-order valence-corrected chi connectivity index (χ2v) is 5.98. The molecule has 0 spiro atoms. The minimum atomic E-state index is 0.865. The predicted octanol–water partition coefficient (Wildman–Crippen LogP) is 3.50. The van der Waals surface area contributed by atoms with Crippen LogP contribution in [0.2, 0.25) is 0 Å². The highest BCUT2D eigenvalue weighted by Crippen LogP contribution is 2.29. The standard InChI is InChI=1S/C13H19IN2/c1-16(9-10-4-2-3-5-10)13-7-6-11(14)8-12(13)15/h6-8,10H,2-5,9,15H2,1H3. The van der Waals surface area contributed by atoms with Crippen molar-refractivity contribution >= 4 is 34.0 Å². The number of hydrogen-bond donors (Lipinski definition) is 1. The molecule has 2 rings (SSSR count). The lowest BCUT2D eigenvalue weighted by atomic mass is 10.1. The van der Waals surface area contributed by atoms with E-state index < -0.39 is 0 Å². The van der Waals surface area contributed by atoms with Crippen LogP contribution in [0.4, 0.5) is 11.4 Å². The maximum atomic E-state index is 6.05. The molecule has 88 valence electrons. The molecule has 1 aliphatic carbocycles. The largest absolute Gasteiger partial charge is 0.397 e. The molecular weight excluding hydrogens is 311 g/mol. The molecule has 2 nitrogen and oxygen atoms in total. The topological polar surface area (TPSA) is 29.3 Å². The molecule has 0 amide bonds. The average molecular weight is 330 g/mol. The number of anilines is 2. The number of nitrogen functional groups attached to an aromatic ring is 1. The Morgan fingerprint density at radius 1 is 1.38 bits per heavy atom. The molecule has 0 aliphatic heterocycles. The number of halogens is 1. The van der Waals surface area contributed by atoms with Gasteiger partial charge in [-0.3, -0.25) is 0 Å². The number of hydrogen-bond acceptors (Lipinski definition) is 2. The second-order valence-electron chi connectivity index (χ2n) is 4.73. The van der Waals surface area contributed by atoms with E-state index in [2.05, 4.69) is 46.7 Å². The van der Waals surface area contributed by atoms with E-state index >= 15 is 0 Å². The highest BCUT2D eigenvalue weighted by atomic mass is 127. The van der Waals surface area contributed by atoms with Gasteiger partial charge in [-0.25, -0.2) is 0 Å². The molecule has 0 heterocycles. The second kappa shape index (κ2) is 5.25. The van der Waals surface area contributed by atoms with E-state index in [4.69, 9.17) is 5.73 Å². The first kappa shape index (κ1) is 12.0. The smallest absolute Gasteiger partial charge is 0.0598 e. The zero-order valence-electron chi connectivity index (χ0n) is 9.75. The molecule has 1 aromatic rings. The van der Waals surface area contributed by atoms with Gasteiger partial charge in [0.15, 0.2) is 0 Å². The molecule has 0 unspecified atom stereocenters. The number of nitrogens with zero attached hydrogens (tertiary/aromatic N) is 1. The lowest BCUT2D eigenvalue weighted by molar-refractivity contribution is 0.547. The van der Waals surface area contributed by atoms with Crippen LogP contribution in [0.3, 0.4) is 0 Å². The lowest BCUT2D eigenvalue weighted by Gasteiger charge is -2.24. The third-order valence-corrected chi connectivity index (χ3v) is 4.08. The van der Waals surface area contributed by atoms with Crippen molar-refractivity contribution in [2.45, 2.75) is 25.7 Å². The summed E-state index contributed by atoms with van der Waals surface area (Å²) in [6.45, 7) is 1.14. The molecule has 0 atom stereocenters. The zero-order chi connectivity index (χ0) is 11.5. The minimum absolute atomic E-state index is 0.865. The summed E-state index contributed by atoms with van der Waals surface area (Å²) in [6.07, 6.45) is 5.57. The van der Waals surface area contributed by atoms with Gasteiger partial charge in [-0.1, -0.05) is 12.8 Å². The first-order chi connectivity index (χ1) is 7.66. The van der Waals surface area contributed by atoms with Crippen molar-refractivity contribution in [3.8, 4) is 0 Å². The first-order valence-corrected chi connectivity index (χ1v) is 7.01. The quantitative estimate of drug-likeness (QED) is 0.679. The van der Waals surface area contributed by atoms with E-state index in [1.165, 1.54) is 34.9 Å². The highest BCUT2D eigenvalue weighted by molar-refractivity contribution is 14.1. The van der Waals surface area contributed by atoms with Crippen molar-refractivity contribution in [3.63, 3.8) is 0 Å². The van der Waals surface area contributed by atoms with E-state index in [1.807, 2.05) is 6.07 Å². The van der Waals surface area contributed by atoms with E-state index in [9.17, 15) is 0 Å². The molecule has 0 radical (unpaired) electrons. The average Bonchev–Trinajstić information content (AvgIpc) is 2.70. The molecule has 1 aliphatic rings. The summed E-state index contributed by atoms with van der Waals surface area (Å²) in [4.78, 5) is 2.31. The van der Waals surface area contributed by atoms with Gasteiger partial charge in [0.2, 0.25) is 0 Å². The fourth-order valence-electron chi connectivity index (χ4n) is 2.55. The molecule has 1 aromatic carbocycles. The van der Waals surface area contributed by atoms with Crippen molar-refractivity contribution in [3.05, 3.63) is 21.8 Å². The van der Waals surface area contributed by atoms with Gasteiger partial charge in [-0.15, -0.1) is 0 Å². The molecule has 1 fully saturated rings. The predicted molar refractivity (Wildman–Crippen MR) is 78.8 cm³/mol. The molecular formula is C13H19IN2. The van der Waals surface area contributed by atoms with E-state index in [-0.39, 0.29) is 0 Å². The zero-order valence-corrected chi connectivity index (χ0v) is 11.9. The van der Waals surface area contributed by atoms with Crippen LogP contribution in [-0.2, 0) is 0 Å². The molecule has 16 heavy (non-hydrogen) atoms. The van der Waals surface area contributed by atoms with Crippen LogP contribution in [0.1, 0.15) is 25.7 Å². The van der Waals surface area contributed by atoms with Crippen LogP contribution >= 0.6 is 22.6 Å². The third-order valence-electron chi connectivity index (χ3n) is 3.41. The van der Waals surface area contributed by atoms with Crippen LogP contribution in [0, 0.1) is 9.49 Å². The van der Waals surface area contributed by atoms with Gasteiger partial charge in [0.25, 0.3) is 0 Å². The molecule has 0 bridgehead atoms. The Morgan fingerprint density at radius 3 is 2.69 bits per heavy atom. The molecule has 0 aromatic heterocycles. The number of nitrogens with two attached hydrogens (primary N) is 1. The van der Waals surface area contributed by atoms with E-state index in [0.717, 1.165) is 18.2 Å². The summed E-state index contributed by atoms with van der Waals surface area (Å²) in [6, 6.07) is 6.30. The maximum Gasteiger partial charge on any atom is 0.0598 e. The summed E-state index contributed by atoms with van der Waals surface area (Å²) in [5, 5.41) is 0. The Bertz CT molecular complexity index is 359. The van der Waals surface area contributed by atoms with E-state index in [0.29, 0.717) is 0 Å². The van der Waals surface area contributed by atoms with Gasteiger partial charge in [-0.2, -0.15) is 0 Å². The Hall–Kier alpha value is -0.450. The fraction of sp³-hybridized carbons (Fsp3) is 0.538. The van der Waals surface area contributed by atoms with Gasteiger partial charge >= 0.3 is 0 Å². The van der Waals surface area contributed by atoms with Gasteiger partial charge in [0.05, 0.1) is 11.4 Å². The first-order valence-electron chi connectivity index (χ1n) is 5.93. The minimum Gasteiger partial charge on any atom is -0.397 e. The summed E-state index contributed by atoms with van der Waals surface area (Å²) in [5.41, 5.74) is 8.12. The van der Waals surface area contributed by atoms with Gasteiger partial charge in [0.1, 0.15) is 0 Å². The van der Waals surface area contributed by atoms with Crippen LogP contribution in [-0.4, -0.2) is 13.6 Å². The molecule has 0 saturated heterocycles. The van der Waals surface area contributed by atoms with Crippen LogP contribution < -0.4 is 10.6 Å². The summed E-state index contributed by atoms with van der Waals surface area (Å²) in [5.74, 6) is 0.865. The number of benzene rings is 1. The van der Waals surface area contributed by atoms with Crippen LogP contribution in [0.5, 0.6) is 0 Å². The molecule has 3 heteroatoms. The third kappa shape index (κ3) is 2.81. The van der Waals surface area contributed by atoms with Crippen molar-refractivity contribution in [1.82, 2.24) is 0 Å². The van der Waals surface area contributed by atoms with Gasteiger partial charge in [-0.05, 0) is 59.5 Å². The van der Waals surface area contributed by atoms with Crippen molar-refractivity contribution in [2.75, 3.05) is 24.2 Å². The Morgan fingerprint density at radius 2 is 2.06 bits per heavy atom. The lowest BCUT2D eigenvalue weighted by Crippen LogP contribution is -2.24. The van der Waals surface area contributed by atoms with Gasteiger partial charge < -0.3 is 10.6 Å². The molecule has 1 saturated carbocycles. The van der Waals surface area contributed by atoms with Crippen molar-refractivity contribution < 1.29 is 0 Å². The van der Waals surface area contributed by atoms with Gasteiger partial charge in [0, 0.05) is 17.2 Å². The fourth-order valence-corrected chi connectivity index (χ4v) is 3.07. The SMILES string of the molecule is CN(CC1CCCC1)c1ccc(I)cc1N. The normalized spacial score (nSPS) is 16.6. The Labute approximate surface area is 111 Å². The van der Waals surface area contributed by atoms with Crippen LogP contribution in [0.25, 0.3) is 0 Å². The molecule has 2 N–H and O–H groups in total. The monoisotopic (exact) mass is 330 g/mol. The Balaban J connectivity index is 2.04. The maximum absolute atomic E-state index is 6.05. The summed E-state index contributed by atoms with van der Waals surface area (Å²) in [7, 11) is 2.15. The van der Waals surface area contributed by atoms with Crippen molar-refractivity contribution in [2.24, 2.45) is 5.92 Å². The van der Waals surface area contributed by atoms with Crippen molar-refractivity contribution in [1.29, 1.82) is 0 Å². The van der Waals surface area contributed by atoms with Crippen LogP contribution in [0.15, 0.2) is 18.2 Å². The number of rotatable bonds is 3. The van der Waals surface area contributed by atoms with E-state index in [1.54, 1.807) is 0 Å². The summed E-state index contributed by atoms with van der Waals surface area (Å²) >= 11 is 2.30. The highest BCUT2D eigenvalue weighted by Gasteiger charge is 2.17.